The fraction of sp³-hybridized carbons (Fsp3) is 0.938. The number of carbonyl (C=O) groups excluding carboxylic acids is 1. The van der Waals surface area contributed by atoms with Crippen LogP contribution in [0.5, 0.6) is 0 Å². The van der Waals surface area contributed by atoms with E-state index in [2.05, 4.69) is 34.6 Å². The molecule has 3 unspecified atom stereocenters. The van der Waals surface area contributed by atoms with Gasteiger partial charge in [-0.1, -0.05) is 34.6 Å². The fourth-order valence-corrected chi connectivity index (χ4v) is 2.53. The van der Waals surface area contributed by atoms with Crippen LogP contribution in [0, 0.1) is 16.7 Å². The van der Waals surface area contributed by atoms with Crippen LogP contribution < -0.4 is 0 Å². The zero-order chi connectivity index (χ0) is 14.3. The van der Waals surface area contributed by atoms with Gasteiger partial charge in [-0.2, -0.15) is 0 Å². The molecule has 2 aliphatic rings. The standard InChI is InChI=1S/C16H28O3/c1-15(2,3)16(4,5)9-14(17)18-10-11-6-7-12-13(8-11)19-12/h11-13H,6-10H2,1-5H3. The van der Waals surface area contributed by atoms with Crippen molar-refractivity contribution in [3.8, 4) is 0 Å². The molecule has 2 rings (SSSR count). The van der Waals surface area contributed by atoms with E-state index in [9.17, 15) is 4.79 Å². The van der Waals surface area contributed by atoms with Gasteiger partial charge >= 0.3 is 5.97 Å². The van der Waals surface area contributed by atoms with Gasteiger partial charge in [0, 0.05) is 0 Å². The lowest BCUT2D eigenvalue weighted by Gasteiger charge is -2.38. The molecule has 0 aromatic heterocycles. The molecular weight excluding hydrogens is 240 g/mol. The van der Waals surface area contributed by atoms with E-state index in [-0.39, 0.29) is 16.8 Å². The van der Waals surface area contributed by atoms with Gasteiger partial charge in [-0.3, -0.25) is 4.79 Å². The van der Waals surface area contributed by atoms with Crippen molar-refractivity contribution >= 4 is 5.97 Å². The molecule has 3 heteroatoms. The summed E-state index contributed by atoms with van der Waals surface area (Å²) in [5.41, 5.74) is 0.0628. The molecule has 3 atom stereocenters. The Hall–Kier alpha value is -0.570. The number of epoxide rings is 1. The molecule has 0 aromatic rings. The summed E-state index contributed by atoms with van der Waals surface area (Å²) in [6.45, 7) is 11.4. The molecule has 0 bridgehead atoms. The smallest absolute Gasteiger partial charge is 0.306 e. The SMILES string of the molecule is CC(C)(C)C(C)(C)CC(=O)OCC1CCC2OC2C1. The van der Waals surface area contributed by atoms with Crippen LogP contribution in [0.15, 0.2) is 0 Å². The number of ether oxygens (including phenoxy) is 2. The van der Waals surface area contributed by atoms with Crippen molar-refractivity contribution in [2.24, 2.45) is 16.7 Å². The van der Waals surface area contributed by atoms with Crippen molar-refractivity contribution in [2.75, 3.05) is 6.61 Å². The van der Waals surface area contributed by atoms with Crippen molar-refractivity contribution in [3.05, 3.63) is 0 Å². The van der Waals surface area contributed by atoms with E-state index < -0.39 is 0 Å². The van der Waals surface area contributed by atoms with Crippen molar-refractivity contribution < 1.29 is 14.3 Å². The minimum atomic E-state index is -0.0567. The highest BCUT2D eigenvalue weighted by Crippen LogP contribution is 2.41. The number of hydrogen-bond donors (Lipinski definition) is 0. The van der Waals surface area contributed by atoms with Gasteiger partial charge in [-0.15, -0.1) is 0 Å². The highest BCUT2D eigenvalue weighted by Gasteiger charge is 2.44. The summed E-state index contributed by atoms with van der Waals surface area (Å²) in [4.78, 5) is 12.0. The summed E-state index contributed by atoms with van der Waals surface area (Å²) in [6.07, 6.45) is 4.82. The zero-order valence-corrected chi connectivity index (χ0v) is 13.0. The fourth-order valence-electron chi connectivity index (χ4n) is 2.53. The first-order chi connectivity index (χ1) is 8.69. The second kappa shape index (κ2) is 5.08. The second-order valence-corrected chi connectivity index (χ2v) is 7.89. The Balaban J connectivity index is 1.72. The molecule has 0 aromatic carbocycles. The molecule has 1 heterocycles. The molecule has 110 valence electrons. The van der Waals surface area contributed by atoms with Crippen molar-refractivity contribution in [3.63, 3.8) is 0 Å². The molecule has 1 aliphatic heterocycles. The summed E-state index contributed by atoms with van der Waals surface area (Å²) in [5, 5.41) is 0. The predicted molar refractivity (Wildman–Crippen MR) is 74.8 cm³/mol. The van der Waals surface area contributed by atoms with Gasteiger partial charge in [0.1, 0.15) is 0 Å². The largest absolute Gasteiger partial charge is 0.465 e. The molecule has 3 nitrogen and oxygen atoms in total. The van der Waals surface area contributed by atoms with E-state index >= 15 is 0 Å². The summed E-state index contributed by atoms with van der Waals surface area (Å²) < 4.78 is 11.0. The van der Waals surface area contributed by atoms with E-state index in [1.54, 1.807) is 0 Å². The third-order valence-corrected chi connectivity index (χ3v) is 5.21. The van der Waals surface area contributed by atoms with E-state index in [1.165, 1.54) is 0 Å². The number of fused-ring (bicyclic) bond motifs is 1. The first-order valence-electron chi connectivity index (χ1n) is 7.50. The Morgan fingerprint density at radius 2 is 1.84 bits per heavy atom. The van der Waals surface area contributed by atoms with Gasteiger partial charge < -0.3 is 9.47 Å². The molecule has 1 saturated heterocycles. The van der Waals surface area contributed by atoms with E-state index in [0.717, 1.165) is 19.3 Å². The molecule has 2 fully saturated rings. The molecule has 0 amide bonds. The Morgan fingerprint density at radius 3 is 2.42 bits per heavy atom. The van der Waals surface area contributed by atoms with Crippen LogP contribution in [0.2, 0.25) is 0 Å². The molecule has 1 saturated carbocycles. The maximum absolute atomic E-state index is 12.0. The summed E-state index contributed by atoms with van der Waals surface area (Å²) in [5.74, 6) is 0.448. The summed E-state index contributed by atoms with van der Waals surface area (Å²) >= 11 is 0. The van der Waals surface area contributed by atoms with Gasteiger partial charge in [-0.25, -0.2) is 0 Å². The maximum Gasteiger partial charge on any atom is 0.306 e. The Kier molecular flexibility index (Phi) is 3.97. The minimum Gasteiger partial charge on any atom is -0.465 e. The lowest BCUT2D eigenvalue weighted by atomic mass is 9.67. The Bertz CT molecular complexity index is 340. The highest BCUT2D eigenvalue weighted by atomic mass is 16.6. The molecule has 1 aliphatic carbocycles. The van der Waals surface area contributed by atoms with Crippen LogP contribution in [0.1, 0.15) is 60.3 Å². The maximum atomic E-state index is 12.0. The Labute approximate surface area is 117 Å². The summed E-state index contributed by atoms with van der Waals surface area (Å²) in [6, 6.07) is 0. The van der Waals surface area contributed by atoms with E-state index in [4.69, 9.17) is 9.47 Å². The first-order valence-corrected chi connectivity index (χ1v) is 7.50. The van der Waals surface area contributed by atoms with Gasteiger partial charge in [0.05, 0.1) is 25.2 Å². The monoisotopic (exact) mass is 268 g/mol. The number of carbonyl (C=O) groups is 1. The molecule has 0 radical (unpaired) electrons. The third kappa shape index (κ3) is 3.71. The van der Waals surface area contributed by atoms with Crippen molar-refractivity contribution in [2.45, 2.75) is 72.5 Å². The Morgan fingerprint density at radius 1 is 1.16 bits per heavy atom. The highest BCUT2D eigenvalue weighted by molar-refractivity contribution is 5.70. The molecule has 0 spiro atoms. The number of esters is 1. The van der Waals surface area contributed by atoms with Gasteiger partial charge in [0.25, 0.3) is 0 Å². The van der Waals surface area contributed by atoms with Gasteiger partial charge in [0.2, 0.25) is 0 Å². The average molecular weight is 268 g/mol. The van der Waals surface area contributed by atoms with Crippen LogP contribution in [-0.2, 0) is 14.3 Å². The second-order valence-electron chi connectivity index (χ2n) is 7.89. The molecular formula is C16H28O3. The normalized spacial score (nSPS) is 30.7. The van der Waals surface area contributed by atoms with Crippen LogP contribution in [0.3, 0.4) is 0 Å². The lowest BCUT2D eigenvalue weighted by molar-refractivity contribution is -0.149. The lowest BCUT2D eigenvalue weighted by Crippen LogP contribution is -2.33. The first kappa shape index (κ1) is 14.8. The van der Waals surface area contributed by atoms with Crippen LogP contribution in [-0.4, -0.2) is 24.8 Å². The average Bonchev–Trinajstić information content (AvgIpc) is 3.02. The van der Waals surface area contributed by atoms with E-state index in [1.807, 2.05) is 0 Å². The van der Waals surface area contributed by atoms with Crippen molar-refractivity contribution in [1.82, 2.24) is 0 Å². The van der Waals surface area contributed by atoms with Crippen molar-refractivity contribution in [1.29, 1.82) is 0 Å². The van der Waals surface area contributed by atoms with Crippen LogP contribution in [0.4, 0.5) is 0 Å². The van der Waals surface area contributed by atoms with Gasteiger partial charge in [0.15, 0.2) is 0 Å². The topological polar surface area (TPSA) is 38.8 Å². The molecule has 0 N–H and O–H groups in total. The number of rotatable bonds is 4. The van der Waals surface area contributed by atoms with E-state index in [0.29, 0.717) is 31.2 Å². The van der Waals surface area contributed by atoms with Gasteiger partial charge in [-0.05, 0) is 36.0 Å². The van der Waals surface area contributed by atoms with Crippen LogP contribution in [0.25, 0.3) is 0 Å². The third-order valence-electron chi connectivity index (χ3n) is 5.21. The minimum absolute atomic E-state index is 0.0403. The molecule has 19 heavy (non-hydrogen) atoms. The van der Waals surface area contributed by atoms with Crippen LogP contribution >= 0.6 is 0 Å². The number of hydrogen-bond acceptors (Lipinski definition) is 3. The summed E-state index contributed by atoms with van der Waals surface area (Å²) in [7, 11) is 0. The predicted octanol–water partition coefficient (Wildman–Crippen LogP) is 3.56. The quantitative estimate of drug-likeness (QED) is 0.578. The zero-order valence-electron chi connectivity index (χ0n) is 13.0.